The molecule has 0 radical (unpaired) electrons. The second-order valence-electron chi connectivity index (χ2n) is 2.89. The Kier molecular flexibility index (Phi) is 6.81. The number of hydrogen-bond acceptors (Lipinski definition) is 3. The Morgan fingerprint density at radius 1 is 1.58 bits per heavy atom. The summed E-state index contributed by atoms with van der Waals surface area (Å²) in [6.07, 6.45) is 4.46. The molecule has 0 saturated carbocycles. The molecule has 0 saturated heterocycles. The average molecular weight is 173 g/mol. The van der Waals surface area contributed by atoms with Crippen molar-refractivity contribution in [2.75, 3.05) is 6.61 Å². The topological polar surface area (TPSA) is 55.5 Å². The molecule has 3 N–H and O–H groups in total. The lowest BCUT2D eigenvalue weighted by Gasteiger charge is -2.16. The molecule has 0 aromatic heterocycles. The van der Waals surface area contributed by atoms with Gasteiger partial charge in [-0.05, 0) is 12.5 Å². The smallest absolute Gasteiger partial charge is 0.111 e. The molecule has 0 fully saturated rings. The van der Waals surface area contributed by atoms with E-state index in [0.29, 0.717) is 6.61 Å². The highest BCUT2D eigenvalue weighted by atomic mass is 16.5. The molecule has 0 aliphatic heterocycles. The van der Waals surface area contributed by atoms with Gasteiger partial charge in [0.1, 0.15) is 6.23 Å². The van der Waals surface area contributed by atoms with Crippen LogP contribution < -0.4 is 5.73 Å². The molecule has 0 aliphatic carbocycles. The third-order valence-electron chi connectivity index (χ3n) is 1.72. The Bertz CT molecular complexity index is 126. The maximum atomic E-state index is 8.47. The van der Waals surface area contributed by atoms with Gasteiger partial charge in [0.15, 0.2) is 0 Å². The quantitative estimate of drug-likeness (QED) is 0.366. The van der Waals surface area contributed by atoms with Crippen molar-refractivity contribution < 1.29 is 9.84 Å². The number of nitrogens with two attached hydrogens (primary N) is 1. The van der Waals surface area contributed by atoms with E-state index >= 15 is 0 Å². The van der Waals surface area contributed by atoms with E-state index in [4.69, 9.17) is 15.6 Å². The van der Waals surface area contributed by atoms with E-state index in [1.165, 1.54) is 0 Å². The Labute approximate surface area is 74.2 Å². The molecule has 0 spiro atoms. The van der Waals surface area contributed by atoms with E-state index in [-0.39, 0.29) is 12.1 Å². The Balaban J connectivity index is 3.49. The van der Waals surface area contributed by atoms with E-state index in [0.717, 1.165) is 19.1 Å². The van der Waals surface area contributed by atoms with Gasteiger partial charge in [0.2, 0.25) is 0 Å². The van der Waals surface area contributed by atoms with Crippen LogP contribution in [0.2, 0.25) is 0 Å². The Hall–Kier alpha value is -0.540. The molecule has 0 aromatic rings. The predicted octanol–water partition coefficient (Wildman–Crippen LogP) is 1.80. The minimum atomic E-state index is -0.306. The van der Waals surface area contributed by atoms with Gasteiger partial charge in [-0.2, -0.15) is 0 Å². The molecule has 3 nitrogen and oxygen atoms in total. The summed E-state index contributed by atoms with van der Waals surface area (Å²) in [6.45, 7) is 4.70. The molecule has 0 amide bonds. The van der Waals surface area contributed by atoms with Crippen molar-refractivity contribution in [1.29, 1.82) is 0 Å². The lowest BCUT2D eigenvalue weighted by molar-refractivity contribution is 0.0324. The zero-order valence-electron chi connectivity index (χ0n) is 7.86. The van der Waals surface area contributed by atoms with E-state index in [2.05, 4.69) is 6.92 Å². The standard InChI is InChI=1S/C9H19NO2/c1-3-4-7-12-9(10)8(2)5-6-11/h5-6,8-9,11H,3-4,7,10H2,1-2H3/b6-5+. The number of ether oxygens (including phenoxy) is 1. The van der Waals surface area contributed by atoms with E-state index in [1.807, 2.05) is 6.92 Å². The van der Waals surface area contributed by atoms with E-state index in [9.17, 15) is 0 Å². The van der Waals surface area contributed by atoms with E-state index in [1.54, 1.807) is 6.08 Å². The summed E-state index contributed by atoms with van der Waals surface area (Å²) in [5, 5.41) is 8.47. The summed E-state index contributed by atoms with van der Waals surface area (Å²) in [7, 11) is 0. The number of aliphatic hydroxyl groups is 1. The van der Waals surface area contributed by atoms with Crippen LogP contribution in [0, 0.1) is 5.92 Å². The van der Waals surface area contributed by atoms with Gasteiger partial charge in [-0.3, -0.25) is 0 Å². The summed E-state index contributed by atoms with van der Waals surface area (Å²) in [5.74, 6) is 0.0619. The Morgan fingerprint density at radius 3 is 2.75 bits per heavy atom. The van der Waals surface area contributed by atoms with Crippen molar-refractivity contribution in [3.05, 3.63) is 12.3 Å². The van der Waals surface area contributed by atoms with Crippen LogP contribution in [-0.4, -0.2) is 17.9 Å². The van der Waals surface area contributed by atoms with Crippen molar-refractivity contribution in [2.24, 2.45) is 11.7 Å². The molecule has 0 rings (SSSR count). The number of unbranched alkanes of at least 4 members (excludes halogenated alkanes) is 1. The summed E-state index contributed by atoms with van der Waals surface area (Å²) in [4.78, 5) is 0. The minimum Gasteiger partial charge on any atom is -0.516 e. The van der Waals surface area contributed by atoms with Gasteiger partial charge < -0.3 is 15.6 Å². The molecular formula is C9H19NO2. The molecular weight excluding hydrogens is 154 g/mol. The third-order valence-corrected chi connectivity index (χ3v) is 1.72. The van der Waals surface area contributed by atoms with Crippen LogP contribution in [-0.2, 0) is 4.74 Å². The Morgan fingerprint density at radius 2 is 2.25 bits per heavy atom. The monoisotopic (exact) mass is 173 g/mol. The first kappa shape index (κ1) is 11.5. The van der Waals surface area contributed by atoms with Crippen LogP contribution in [0.5, 0.6) is 0 Å². The van der Waals surface area contributed by atoms with Gasteiger partial charge in [0.25, 0.3) is 0 Å². The first-order valence-electron chi connectivity index (χ1n) is 4.40. The molecule has 0 heterocycles. The largest absolute Gasteiger partial charge is 0.516 e. The zero-order chi connectivity index (χ0) is 9.40. The molecule has 0 bridgehead atoms. The lowest BCUT2D eigenvalue weighted by Crippen LogP contribution is -2.30. The number of aliphatic hydroxyl groups excluding tert-OH is 1. The van der Waals surface area contributed by atoms with E-state index < -0.39 is 0 Å². The van der Waals surface area contributed by atoms with Gasteiger partial charge >= 0.3 is 0 Å². The highest BCUT2D eigenvalue weighted by Crippen LogP contribution is 2.04. The fraction of sp³-hybridized carbons (Fsp3) is 0.778. The van der Waals surface area contributed by atoms with Crippen LogP contribution in [0.4, 0.5) is 0 Å². The molecule has 12 heavy (non-hydrogen) atoms. The van der Waals surface area contributed by atoms with Crippen molar-refractivity contribution in [2.45, 2.75) is 32.9 Å². The van der Waals surface area contributed by atoms with Crippen molar-refractivity contribution in [3.63, 3.8) is 0 Å². The average Bonchev–Trinajstić information content (AvgIpc) is 2.05. The first-order valence-corrected chi connectivity index (χ1v) is 4.40. The van der Waals surface area contributed by atoms with Crippen LogP contribution in [0.15, 0.2) is 12.3 Å². The maximum Gasteiger partial charge on any atom is 0.111 e. The fourth-order valence-electron chi connectivity index (χ4n) is 0.761. The predicted molar refractivity (Wildman–Crippen MR) is 49.8 cm³/mol. The van der Waals surface area contributed by atoms with Crippen molar-refractivity contribution in [3.8, 4) is 0 Å². The maximum absolute atomic E-state index is 8.47. The minimum absolute atomic E-state index is 0.0619. The molecule has 2 atom stereocenters. The SMILES string of the molecule is CCCCOC(N)C(C)/C=C/O. The van der Waals surface area contributed by atoms with Gasteiger partial charge in [0.05, 0.1) is 6.26 Å². The third kappa shape index (κ3) is 5.16. The zero-order valence-corrected chi connectivity index (χ0v) is 7.86. The van der Waals surface area contributed by atoms with Gasteiger partial charge in [-0.25, -0.2) is 0 Å². The highest BCUT2D eigenvalue weighted by molar-refractivity contribution is 4.82. The van der Waals surface area contributed by atoms with Crippen LogP contribution in [0.3, 0.4) is 0 Å². The highest BCUT2D eigenvalue weighted by Gasteiger charge is 2.08. The molecule has 0 aromatic carbocycles. The summed E-state index contributed by atoms with van der Waals surface area (Å²) < 4.78 is 5.31. The number of rotatable bonds is 6. The second-order valence-corrected chi connectivity index (χ2v) is 2.89. The van der Waals surface area contributed by atoms with Gasteiger partial charge in [-0.1, -0.05) is 20.3 Å². The fourth-order valence-corrected chi connectivity index (χ4v) is 0.761. The van der Waals surface area contributed by atoms with Crippen molar-refractivity contribution in [1.82, 2.24) is 0 Å². The molecule has 72 valence electrons. The van der Waals surface area contributed by atoms with Crippen LogP contribution >= 0.6 is 0 Å². The number of hydrogen-bond donors (Lipinski definition) is 2. The lowest BCUT2D eigenvalue weighted by atomic mass is 10.1. The normalized spacial score (nSPS) is 16.6. The molecule has 2 unspecified atom stereocenters. The summed E-state index contributed by atoms with van der Waals surface area (Å²) >= 11 is 0. The summed E-state index contributed by atoms with van der Waals surface area (Å²) in [5.41, 5.74) is 5.66. The second kappa shape index (κ2) is 7.13. The molecule has 3 heteroatoms. The van der Waals surface area contributed by atoms with Crippen LogP contribution in [0.1, 0.15) is 26.7 Å². The van der Waals surface area contributed by atoms with Gasteiger partial charge in [0, 0.05) is 12.5 Å². The first-order chi connectivity index (χ1) is 5.72. The van der Waals surface area contributed by atoms with Gasteiger partial charge in [-0.15, -0.1) is 0 Å². The van der Waals surface area contributed by atoms with Crippen LogP contribution in [0.25, 0.3) is 0 Å². The molecule has 0 aliphatic rings. The van der Waals surface area contributed by atoms with Crippen molar-refractivity contribution >= 4 is 0 Å². The summed E-state index contributed by atoms with van der Waals surface area (Å²) in [6, 6.07) is 0.